The molecule has 0 spiro atoms. The van der Waals surface area contributed by atoms with Crippen molar-refractivity contribution in [2.45, 2.75) is 19.4 Å². The van der Waals surface area contributed by atoms with Crippen molar-refractivity contribution >= 4 is 23.1 Å². The number of aromatic nitrogens is 4. The van der Waals surface area contributed by atoms with E-state index in [1.807, 2.05) is 0 Å². The zero-order valence-electron chi connectivity index (χ0n) is 15.8. The van der Waals surface area contributed by atoms with E-state index in [2.05, 4.69) is 24.8 Å². The first-order valence-corrected chi connectivity index (χ1v) is 8.56. The number of carbonyl (C=O) groups is 1. The molecule has 3 rings (SSSR count). The van der Waals surface area contributed by atoms with Gasteiger partial charge in [0.25, 0.3) is 11.4 Å². The SMILES string of the molecule is [C-]#[N+]C(C)(C)COc1ccc(-c2cnc3[nH]cc(/C=C(\C#N)C(N)=O)c3n2)cn1. The van der Waals surface area contributed by atoms with Crippen LogP contribution in [0.2, 0.25) is 0 Å². The average Bonchev–Trinajstić information content (AvgIpc) is 3.12. The van der Waals surface area contributed by atoms with E-state index in [4.69, 9.17) is 22.3 Å². The van der Waals surface area contributed by atoms with Gasteiger partial charge in [0.2, 0.25) is 5.88 Å². The van der Waals surface area contributed by atoms with Crippen LogP contribution < -0.4 is 10.5 Å². The van der Waals surface area contributed by atoms with E-state index in [1.54, 1.807) is 50.6 Å². The fraction of sp³-hybridized carbons (Fsp3) is 0.200. The van der Waals surface area contributed by atoms with Crippen molar-refractivity contribution in [3.05, 3.63) is 53.3 Å². The number of ether oxygens (including phenoxy) is 1. The summed E-state index contributed by atoms with van der Waals surface area (Å²) >= 11 is 0. The first kappa shape index (κ1) is 19.5. The number of hydrogen-bond acceptors (Lipinski definition) is 6. The third kappa shape index (κ3) is 4.37. The zero-order chi connectivity index (χ0) is 21.0. The van der Waals surface area contributed by atoms with E-state index < -0.39 is 11.4 Å². The highest BCUT2D eigenvalue weighted by Crippen LogP contribution is 2.23. The maximum absolute atomic E-state index is 11.3. The summed E-state index contributed by atoms with van der Waals surface area (Å²) in [6.07, 6.45) is 6.16. The van der Waals surface area contributed by atoms with Crippen LogP contribution in [0.15, 0.2) is 36.3 Å². The van der Waals surface area contributed by atoms with Crippen LogP contribution in [0.25, 0.3) is 33.3 Å². The lowest BCUT2D eigenvalue weighted by molar-refractivity contribution is -0.114. The van der Waals surface area contributed by atoms with E-state index >= 15 is 0 Å². The molecule has 0 radical (unpaired) electrons. The van der Waals surface area contributed by atoms with Crippen LogP contribution in [0.3, 0.4) is 0 Å². The molecule has 0 aromatic carbocycles. The van der Waals surface area contributed by atoms with Crippen LogP contribution in [-0.4, -0.2) is 38.0 Å². The Bertz CT molecular complexity index is 1180. The predicted molar refractivity (Wildman–Crippen MR) is 106 cm³/mol. The van der Waals surface area contributed by atoms with Gasteiger partial charge in [-0.15, -0.1) is 0 Å². The quantitative estimate of drug-likeness (QED) is 0.379. The molecule has 0 aliphatic rings. The maximum atomic E-state index is 11.3. The van der Waals surface area contributed by atoms with E-state index in [0.29, 0.717) is 33.9 Å². The molecule has 0 saturated heterocycles. The van der Waals surface area contributed by atoms with Crippen LogP contribution in [0.4, 0.5) is 0 Å². The number of H-pyrrole nitrogens is 1. The van der Waals surface area contributed by atoms with E-state index in [-0.39, 0.29) is 12.2 Å². The lowest BCUT2D eigenvalue weighted by atomic mass is 10.1. The predicted octanol–water partition coefficient (Wildman–Crippen LogP) is 2.49. The number of pyridine rings is 1. The normalized spacial score (nSPS) is 11.7. The van der Waals surface area contributed by atoms with E-state index in [0.717, 1.165) is 0 Å². The molecule has 0 bridgehead atoms. The van der Waals surface area contributed by atoms with Gasteiger partial charge in [0.15, 0.2) is 12.3 Å². The Labute approximate surface area is 166 Å². The fourth-order valence-electron chi connectivity index (χ4n) is 2.37. The fourth-order valence-corrected chi connectivity index (χ4v) is 2.37. The minimum Gasteiger partial charge on any atom is -0.469 e. The van der Waals surface area contributed by atoms with Crippen molar-refractivity contribution in [3.63, 3.8) is 0 Å². The topological polar surface area (TPSA) is 135 Å². The van der Waals surface area contributed by atoms with Gasteiger partial charge in [-0.2, -0.15) is 5.26 Å². The van der Waals surface area contributed by atoms with Gasteiger partial charge in [-0.3, -0.25) is 4.79 Å². The van der Waals surface area contributed by atoms with Gasteiger partial charge < -0.3 is 20.3 Å². The first-order valence-electron chi connectivity index (χ1n) is 8.56. The van der Waals surface area contributed by atoms with Crippen molar-refractivity contribution in [2.24, 2.45) is 5.73 Å². The average molecular weight is 387 g/mol. The van der Waals surface area contributed by atoms with Crippen LogP contribution in [-0.2, 0) is 4.79 Å². The lowest BCUT2D eigenvalue weighted by Gasteiger charge is -2.12. The van der Waals surface area contributed by atoms with Gasteiger partial charge in [-0.1, -0.05) is 0 Å². The molecule has 1 amide bonds. The first-order chi connectivity index (χ1) is 13.8. The number of aromatic amines is 1. The molecule has 0 fully saturated rings. The summed E-state index contributed by atoms with van der Waals surface area (Å²) in [5.41, 5.74) is 7.19. The molecule has 29 heavy (non-hydrogen) atoms. The third-order valence-corrected chi connectivity index (χ3v) is 4.00. The minimum atomic E-state index is -0.813. The van der Waals surface area contributed by atoms with Gasteiger partial charge >= 0.3 is 0 Å². The number of nitriles is 1. The summed E-state index contributed by atoms with van der Waals surface area (Å²) in [6.45, 7) is 10.9. The highest BCUT2D eigenvalue weighted by molar-refractivity contribution is 6.02. The number of rotatable bonds is 6. The van der Waals surface area contributed by atoms with Crippen LogP contribution in [0.5, 0.6) is 5.88 Å². The number of fused-ring (bicyclic) bond motifs is 1. The molecule has 0 unspecified atom stereocenters. The number of nitrogens with zero attached hydrogens (tertiary/aromatic N) is 5. The summed E-state index contributed by atoms with van der Waals surface area (Å²) in [5, 5.41) is 9.03. The van der Waals surface area contributed by atoms with Crippen molar-refractivity contribution in [1.29, 1.82) is 5.26 Å². The molecule has 3 aromatic heterocycles. The molecule has 0 aliphatic carbocycles. The maximum Gasteiger partial charge on any atom is 0.260 e. The number of amides is 1. The smallest absolute Gasteiger partial charge is 0.260 e. The zero-order valence-corrected chi connectivity index (χ0v) is 15.8. The van der Waals surface area contributed by atoms with Gasteiger partial charge in [0.1, 0.15) is 17.2 Å². The third-order valence-electron chi connectivity index (χ3n) is 4.00. The van der Waals surface area contributed by atoms with Gasteiger partial charge in [-0.05, 0) is 12.1 Å². The lowest BCUT2D eigenvalue weighted by Crippen LogP contribution is -2.24. The van der Waals surface area contributed by atoms with Crippen LogP contribution in [0.1, 0.15) is 19.4 Å². The molecule has 144 valence electrons. The molecule has 0 aliphatic heterocycles. The Morgan fingerprint density at radius 2 is 2.21 bits per heavy atom. The Morgan fingerprint density at radius 3 is 2.83 bits per heavy atom. The van der Waals surface area contributed by atoms with Crippen molar-refractivity contribution in [3.8, 4) is 23.2 Å². The molecule has 3 N–H and O–H groups in total. The molecular weight excluding hydrogens is 370 g/mol. The highest BCUT2D eigenvalue weighted by atomic mass is 16.5. The van der Waals surface area contributed by atoms with E-state index in [9.17, 15) is 4.79 Å². The minimum absolute atomic E-state index is 0.177. The standard InChI is InChI=1S/C20H17N7O2/c1-20(2,23-3)11-29-16-5-4-12(8-24-16)15-10-26-19-17(27-15)14(9-25-19)6-13(7-21)18(22)28/h4-6,8-10H,11H2,1-2H3,(H2,22,28)(H,25,26)/b13-6+. The Hall–Kier alpha value is -4.24. The molecule has 0 atom stereocenters. The summed E-state index contributed by atoms with van der Waals surface area (Å²) in [7, 11) is 0. The van der Waals surface area contributed by atoms with Crippen molar-refractivity contribution < 1.29 is 9.53 Å². The molecule has 3 aromatic rings. The van der Waals surface area contributed by atoms with Gasteiger partial charge in [0.05, 0.1) is 11.9 Å². The number of hydrogen-bond donors (Lipinski definition) is 2. The Kier molecular flexibility index (Phi) is 5.24. The van der Waals surface area contributed by atoms with Gasteiger partial charge in [0, 0.05) is 43.4 Å². The van der Waals surface area contributed by atoms with E-state index in [1.165, 1.54) is 6.08 Å². The monoisotopic (exact) mass is 387 g/mol. The Morgan fingerprint density at radius 1 is 1.41 bits per heavy atom. The number of carbonyl (C=O) groups excluding carboxylic acids is 1. The summed E-state index contributed by atoms with van der Waals surface area (Å²) < 4.78 is 5.56. The second-order valence-electron chi connectivity index (χ2n) is 6.83. The van der Waals surface area contributed by atoms with Crippen molar-refractivity contribution in [2.75, 3.05) is 6.61 Å². The Balaban J connectivity index is 1.89. The number of nitrogens with two attached hydrogens (primary N) is 1. The molecule has 0 saturated carbocycles. The van der Waals surface area contributed by atoms with Crippen LogP contribution >= 0.6 is 0 Å². The van der Waals surface area contributed by atoms with Gasteiger partial charge in [-0.25, -0.2) is 21.5 Å². The second-order valence-corrected chi connectivity index (χ2v) is 6.83. The molecule has 9 nitrogen and oxygen atoms in total. The summed E-state index contributed by atoms with van der Waals surface area (Å²) in [5.74, 6) is -0.406. The van der Waals surface area contributed by atoms with Crippen molar-refractivity contribution in [1.82, 2.24) is 19.9 Å². The molecular formula is C20H17N7O2. The second kappa shape index (κ2) is 7.79. The summed E-state index contributed by atoms with van der Waals surface area (Å²) in [6, 6.07) is 5.25. The molecule has 3 heterocycles. The number of primary amides is 1. The number of nitrogens with one attached hydrogen (secondary N) is 1. The highest BCUT2D eigenvalue weighted by Gasteiger charge is 2.24. The summed E-state index contributed by atoms with van der Waals surface area (Å²) in [4.78, 5) is 30.9. The van der Waals surface area contributed by atoms with Crippen LogP contribution in [0, 0.1) is 17.9 Å². The molecule has 9 heteroatoms. The largest absolute Gasteiger partial charge is 0.469 e.